The normalized spacial score (nSPS) is 14.6. The Hall–Kier alpha value is -3.06. The lowest BCUT2D eigenvalue weighted by molar-refractivity contribution is 0.568. The zero-order valence-corrected chi connectivity index (χ0v) is 17.0. The fourth-order valence-corrected chi connectivity index (χ4v) is 4.48. The number of aromatic amines is 1. The highest BCUT2D eigenvalue weighted by Gasteiger charge is 2.17. The van der Waals surface area contributed by atoms with E-state index in [2.05, 4.69) is 44.1 Å². The van der Waals surface area contributed by atoms with Crippen LogP contribution in [0.4, 0.5) is 5.95 Å². The summed E-state index contributed by atoms with van der Waals surface area (Å²) in [6.45, 7) is 3.70. The smallest absolute Gasteiger partial charge is 0.264 e. The van der Waals surface area contributed by atoms with Gasteiger partial charge in [0.15, 0.2) is 5.65 Å². The maximum atomic E-state index is 12.9. The fourth-order valence-electron chi connectivity index (χ4n) is 4.06. The number of hydrogen-bond acceptors (Lipinski definition) is 5. The van der Waals surface area contributed by atoms with Crippen LogP contribution in [0.15, 0.2) is 47.3 Å². The van der Waals surface area contributed by atoms with Crippen LogP contribution in [0.2, 0.25) is 0 Å². The third-order valence-electron chi connectivity index (χ3n) is 5.54. The number of benzene rings is 2. The molecular weight excluding hydrogens is 382 g/mol. The van der Waals surface area contributed by atoms with Crippen LogP contribution < -0.4 is 10.5 Å². The maximum absolute atomic E-state index is 12.9. The average Bonchev–Trinajstić information content (AvgIpc) is 2.73. The van der Waals surface area contributed by atoms with Gasteiger partial charge >= 0.3 is 0 Å². The predicted octanol–water partition coefficient (Wildman–Crippen LogP) is 4.29. The Bertz CT molecular complexity index is 1350. The molecule has 1 aliphatic rings. The molecule has 0 amide bonds. The summed E-state index contributed by atoms with van der Waals surface area (Å²) < 4.78 is 2.28. The zero-order chi connectivity index (χ0) is 20.0. The van der Waals surface area contributed by atoms with E-state index in [0.29, 0.717) is 27.4 Å². The Morgan fingerprint density at radius 1 is 1.00 bits per heavy atom. The lowest BCUT2D eigenvalue weighted by Gasteiger charge is -2.27. The van der Waals surface area contributed by atoms with Gasteiger partial charge in [0, 0.05) is 18.8 Å². The summed E-state index contributed by atoms with van der Waals surface area (Å²) in [4.78, 5) is 27.3. The zero-order valence-electron chi connectivity index (χ0n) is 16.2. The van der Waals surface area contributed by atoms with E-state index in [1.54, 1.807) is 0 Å². The maximum Gasteiger partial charge on any atom is 0.264 e. The number of aryl methyl sites for hydroxylation is 1. The van der Waals surface area contributed by atoms with Gasteiger partial charge in [-0.25, -0.2) is 4.98 Å². The van der Waals surface area contributed by atoms with E-state index in [9.17, 15) is 4.79 Å². The second-order valence-corrected chi connectivity index (χ2v) is 7.85. The van der Waals surface area contributed by atoms with Gasteiger partial charge in [0.05, 0.1) is 0 Å². The van der Waals surface area contributed by atoms with E-state index in [4.69, 9.17) is 12.2 Å². The van der Waals surface area contributed by atoms with Crippen molar-refractivity contribution < 1.29 is 0 Å². The molecule has 1 saturated heterocycles. The van der Waals surface area contributed by atoms with Gasteiger partial charge in [-0.2, -0.15) is 4.98 Å². The van der Waals surface area contributed by atoms with Gasteiger partial charge in [0.1, 0.15) is 15.9 Å². The molecule has 2 aromatic heterocycles. The molecule has 0 saturated carbocycles. The first-order valence-corrected chi connectivity index (χ1v) is 10.3. The second-order valence-electron chi connectivity index (χ2n) is 7.47. The molecule has 1 fully saturated rings. The number of anilines is 1. The number of aromatic nitrogens is 4. The minimum absolute atomic E-state index is 0.234. The Morgan fingerprint density at radius 3 is 2.55 bits per heavy atom. The third-order valence-corrected chi connectivity index (χ3v) is 5.93. The summed E-state index contributed by atoms with van der Waals surface area (Å²) in [5, 5.41) is 2.62. The molecule has 0 spiro atoms. The largest absolute Gasteiger partial charge is 0.342 e. The van der Waals surface area contributed by atoms with E-state index < -0.39 is 0 Å². The van der Waals surface area contributed by atoms with E-state index >= 15 is 0 Å². The van der Waals surface area contributed by atoms with Crippen molar-refractivity contribution in [3.63, 3.8) is 0 Å². The molecule has 4 aromatic rings. The second kappa shape index (κ2) is 7.08. The molecule has 1 aliphatic heterocycles. The molecule has 6 nitrogen and oxygen atoms in total. The van der Waals surface area contributed by atoms with Crippen molar-refractivity contribution in [3.05, 3.63) is 63.3 Å². The monoisotopic (exact) mass is 403 g/mol. The van der Waals surface area contributed by atoms with Gasteiger partial charge in [-0.1, -0.05) is 42.5 Å². The van der Waals surface area contributed by atoms with Gasteiger partial charge in [0.2, 0.25) is 5.95 Å². The van der Waals surface area contributed by atoms with Crippen LogP contribution in [-0.4, -0.2) is 32.6 Å². The summed E-state index contributed by atoms with van der Waals surface area (Å²) in [7, 11) is 0. The highest BCUT2D eigenvalue weighted by molar-refractivity contribution is 7.71. The van der Waals surface area contributed by atoms with Crippen LogP contribution in [0, 0.1) is 11.6 Å². The molecule has 3 heterocycles. The van der Waals surface area contributed by atoms with Crippen LogP contribution in [0.1, 0.15) is 25.1 Å². The highest BCUT2D eigenvalue weighted by atomic mass is 32.1. The number of H-pyrrole nitrogens is 1. The lowest BCUT2D eigenvalue weighted by atomic mass is 10.1. The summed E-state index contributed by atoms with van der Waals surface area (Å²) >= 11 is 5.72. The standard InChI is InChI=1S/C22H21N5OS/c1-14-23-19-18(20(28)25-22(24-19)26-11-5-2-6-12-26)21(29)27(14)17-10-9-15-7-3-4-8-16(15)13-17/h3-4,7-10,13H,2,5-6,11-12H2,1H3,(H,24,25,28). The molecule has 0 unspecified atom stereocenters. The highest BCUT2D eigenvalue weighted by Crippen LogP contribution is 2.22. The fraction of sp³-hybridized carbons (Fsp3) is 0.273. The van der Waals surface area contributed by atoms with Crippen molar-refractivity contribution in [1.82, 2.24) is 19.5 Å². The first-order chi connectivity index (χ1) is 14.1. The first kappa shape index (κ1) is 18.0. The van der Waals surface area contributed by atoms with Gasteiger partial charge in [0.25, 0.3) is 5.56 Å². The summed E-state index contributed by atoms with van der Waals surface area (Å²) in [6, 6.07) is 14.3. The molecule has 0 atom stereocenters. The first-order valence-electron chi connectivity index (χ1n) is 9.89. The average molecular weight is 404 g/mol. The summed E-state index contributed by atoms with van der Waals surface area (Å²) in [5.74, 6) is 1.30. The quantitative estimate of drug-likeness (QED) is 0.506. The number of rotatable bonds is 2. The Balaban J connectivity index is 1.70. The van der Waals surface area contributed by atoms with Crippen LogP contribution >= 0.6 is 12.2 Å². The molecule has 0 radical (unpaired) electrons. The Labute approximate surface area is 172 Å². The summed E-state index contributed by atoms with van der Waals surface area (Å²) in [5.41, 5.74) is 1.07. The number of nitrogens with one attached hydrogen (secondary N) is 1. The summed E-state index contributed by atoms with van der Waals surface area (Å²) in [6.07, 6.45) is 3.43. The van der Waals surface area contributed by atoms with Crippen molar-refractivity contribution in [2.45, 2.75) is 26.2 Å². The van der Waals surface area contributed by atoms with Crippen LogP contribution in [-0.2, 0) is 0 Å². The molecular formula is C22H21N5OS. The molecule has 0 aliphatic carbocycles. The minimum atomic E-state index is -0.234. The molecule has 2 aromatic carbocycles. The Morgan fingerprint density at radius 2 is 1.76 bits per heavy atom. The third kappa shape index (κ3) is 3.11. The molecule has 146 valence electrons. The van der Waals surface area contributed by atoms with Crippen molar-refractivity contribution >= 4 is 40.0 Å². The van der Waals surface area contributed by atoms with Crippen molar-refractivity contribution in [2.24, 2.45) is 0 Å². The van der Waals surface area contributed by atoms with E-state index in [0.717, 1.165) is 42.4 Å². The number of fused-ring (bicyclic) bond motifs is 2. The number of nitrogens with zero attached hydrogens (tertiary/aromatic N) is 4. The molecule has 1 N–H and O–H groups in total. The topological polar surface area (TPSA) is 66.8 Å². The van der Waals surface area contributed by atoms with Gasteiger partial charge < -0.3 is 4.90 Å². The SMILES string of the molecule is Cc1nc2nc(N3CCCCC3)[nH]c(=O)c2c(=S)n1-c1ccc2ccccc2c1. The van der Waals surface area contributed by atoms with Crippen LogP contribution in [0.5, 0.6) is 0 Å². The van der Waals surface area contributed by atoms with E-state index in [1.807, 2.05) is 29.7 Å². The van der Waals surface area contributed by atoms with Gasteiger partial charge in [-0.3, -0.25) is 14.3 Å². The van der Waals surface area contributed by atoms with Gasteiger partial charge in [-0.15, -0.1) is 0 Å². The molecule has 0 bridgehead atoms. The van der Waals surface area contributed by atoms with Crippen LogP contribution in [0.3, 0.4) is 0 Å². The van der Waals surface area contributed by atoms with Crippen molar-refractivity contribution in [1.29, 1.82) is 0 Å². The molecule has 7 heteroatoms. The lowest BCUT2D eigenvalue weighted by Crippen LogP contribution is -2.32. The van der Waals surface area contributed by atoms with Crippen molar-refractivity contribution in [3.8, 4) is 5.69 Å². The van der Waals surface area contributed by atoms with E-state index in [-0.39, 0.29) is 5.56 Å². The van der Waals surface area contributed by atoms with Crippen molar-refractivity contribution in [2.75, 3.05) is 18.0 Å². The van der Waals surface area contributed by atoms with E-state index in [1.165, 1.54) is 6.42 Å². The van der Waals surface area contributed by atoms with Crippen LogP contribution in [0.25, 0.3) is 27.5 Å². The molecule has 5 rings (SSSR count). The predicted molar refractivity (Wildman–Crippen MR) is 119 cm³/mol. The number of hydrogen-bond donors (Lipinski definition) is 1. The number of piperidine rings is 1. The van der Waals surface area contributed by atoms with Gasteiger partial charge in [-0.05, 0) is 49.1 Å². The molecule has 29 heavy (non-hydrogen) atoms. The minimum Gasteiger partial charge on any atom is -0.342 e. The Kier molecular flexibility index (Phi) is 4.39.